The van der Waals surface area contributed by atoms with Gasteiger partial charge >= 0.3 is 11.9 Å². The van der Waals surface area contributed by atoms with Gasteiger partial charge in [0, 0.05) is 12.6 Å². The van der Waals surface area contributed by atoms with Crippen LogP contribution in [-0.2, 0) is 10.9 Å². The lowest BCUT2D eigenvalue weighted by molar-refractivity contribution is -0.196. The zero-order valence-electron chi connectivity index (χ0n) is 10.2. The Morgan fingerprint density at radius 1 is 1.48 bits per heavy atom. The average molecular weight is 316 g/mol. The van der Waals surface area contributed by atoms with Crippen LogP contribution in [0.4, 0.5) is 22.0 Å². The summed E-state index contributed by atoms with van der Waals surface area (Å²) in [5.41, 5.74) is -4.69. The Labute approximate surface area is 112 Å². The number of hydrogen-bond donors (Lipinski definition) is 2. The number of hydrogen-bond acceptors (Lipinski definition) is 4. The number of alkyl halides is 5. The van der Waals surface area contributed by atoms with Crippen LogP contribution < -0.4 is 11.2 Å². The zero-order valence-corrected chi connectivity index (χ0v) is 10.2. The molecule has 21 heavy (non-hydrogen) atoms. The Morgan fingerprint density at radius 3 is 2.57 bits per heavy atom. The molecule has 0 aromatic carbocycles. The Balaban J connectivity index is 2.47. The van der Waals surface area contributed by atoms with Gasteiger partial charge in [0.1, 0.15) is 18.4 Å². The van der Waals surface area contributed by atoms with E-state index in [-0.39, 0.29) is 10.8 Å². The Morgan fingerprint density at radius 2 is 2.10 bits per heavy atom. The van der Waals surface area contributed by atoms with Crippen molar-refractivity contribution in [1.29, 1.82) is 0 Å². The third-order valence-electron chi connectivity index (χ3n) is 3.01. The van der Waals surface area contributed by atoms with Gasteiger partial charge in [-0.3, -0.25) is 14.3 Å². The quantitative estimate of drug-likeness (QED) is 0.777. The summed E-state index contributed by atoms with van der Waals surface area (Å²) in [5.74, 6) is -3.11. The van der Waals surface area contributed by atoms with E-state index in [4.69, 9.17) is 5.11 Å². The fourth-order valence-electron chi connectivity index (χ4n) is 1.91. The molecule has 1 aliphatic rings. The molecule has 1 aromatic rings. The van der Waals surface area contributed by atoms with E-state index < -0.39 is 54.3 Å². The molecule has 0 unspecified atom stereocenters. The summed E-state index contributed by atoms with van der Waals surface area (Å²) in [5, 5.41) is 8.69. The number of halogens is 5. The van der Waals surface area contributed by atoms with Crippen LogP contribution in [0.5, 0.6) is 0 Å². The molecule has 1 saturated heterocycles. The van der Waals surface area contributed by atoms with Crippen molar-refractivity contribution < 1.29 is 31.8 Å². The van der Waals surface area contributed by atoms with Gasteiger partial charge in [0.2, 0.25) is 0 Å². The van der Waals surface area contributed by atoms with Gasteiger partial charge < -0.3 is 9.84 Å². The molecule has 0 amide bonds. The molecule has 2 heterocycles. The van der Waals surface area contributed by atoms with E-state index in [1.165, 1.54) is 4.98 Å². The molecular weight excluding hydrogens is 307 g/mol. The van der Waals surface area contributed by atoms with Crippen molar-refractivity contribution in [2.45, 2.75) is 30.9 Å². The van der Waals surface area contributed by atoms with E-state index in [0.29, 0.717) is 0 Å². The summed E-state index contributed by atoms with van der Waals surface area (Å²) in [7, 11) is 0. The van der Waals surface area contributed by atoms with Gasteiger partial charge in [-0.05, 0) is 0 Å². The van der Waals surface area contributed by atoms with Crippen LogP contribution in [-0.4, -0.2) is 33.3 Å². The van der Waals surface area contributed by atoms with Crippen molar-refractivity contribution in [2.75, 3.05) is 6.61 Å². The number of nitrogens with zero attached hydrogens (tertiary/aromatic N) is 1. The lowest BCUT2D eigenvalue weighted by Crippen LogP contribution is -2.38. The van der Waals surface area contributed by atoms with Crippen molar-refractivity contribution in [3.8, 4) is 0 Å². The molecule has 6 nitrogen and oxygen atoms in total. The molecule has 0 saturated carbocycles. The molecular formula is C10H9F5N2O4. The number of aromatic nitrogens is 2. The maximum absolute atomic E-state index is 13.7. The highest BCUT2D eigenvalue weighted by atomic mass is 19.4. The number of nitrogens with one attached hydrogen (secondary N) is 1. The fourth-order valence-corrected chi connectivity index (χ4v) is 1.91. The predicted molar refractivity (Wildman–Crippen MR) is 56.9 cm³/mol. The van der Waals surface area contributed by atoms with Crippen molar-refractivity contribution in [3.63, 3.8) is 0 Å². The maximum Gasteiger partial charge on any atom is 0.423 e. The molecule has 2 rings (SSSR count). The summed E-state index contributed by atoms with van der Waals surface area (Å²) >= 11 is 0. The Kier molecular flexibility index (Phi) is 3.66. The van der Waals surface area contributed by atoms with Crippen LogP contribution in [0, 0.1) is 0 Å². The normalized spacial score (nSPS) is 29.8. The number of rotatable bonds is 2. The third-order valence-corrected chi connectivity index (χ3v) is 3.01. The third kappa shape index (κ3) is 2.70. The topological polar surface area (TPSA) is 84.3 Å². The largest absolute Gasteiger partial charge is 0.423 e. The summed E-state index contributed by atoms with van der Waals surface area (Å²) in [6.45, 7) is -1.37. The maximum atomic E-state index is 13.7. The van der Waals surface area contributed by atoms with Crippen LogP contribution in [0.15, 0.2) is 15.8 Å². The summed E-state index contributed by atoms with van der Waals surface area (Å²) in [6.07, 6.45) is -9.77. The minimum absolute atomic E-state index is 0.127. The molecule has 0 aliphatic carbocycles. The van der Waals surface area contributed by atoms with Crippen molar-refractivity contribution in [1.82, 2.24) is 9.55 Å². The second-order valence-electron chi connectivity index (χ2n) is 4.43. The first-order valence-electron chi connectivity index (χ1n) is 5.63. The first-order chi connectivity index (χ1) is 9.58. The van der Waals surface area contributed by atoms with Crippen LogP contribution in [0.2, 0.25) is 0 Å². The smallest absolute Gasteiger partial charge is 0.390 e. The first-order valence-corrected chi connectivity index (χ1v) is 5.63. The molecule has 11 heteroatoms. The van der Waals surface area contributed by atoms with E-state index in [1.807, 2.05) is 0 Å². The Hall–Kier alpha value is -1.75. The number of aromatic amines is 1. The summed E-state index contributed by atoms with van der Waals surface area (Å²) < 4.78 is 69.5. The van der Waals surface area contributed by atoms with Crippen LogP contribution >= 0.6 is 0 Å². The highest BCUT2D eigenvalue weighted by molar-refractivity contribution is 5.09. The van der Waals surface area contributed by atoms with Gasteiger partial charge in [-0.15, -0.1) is 0 Å². The van der Waals surface area contributed by atoms with Gasteiger partial charge in [-0.2, -0.15) is 13.2 Å². The minimum atomic E-state index is -5.06. The predicted octanol–water partition coefficient (Wildman–Crippen LogP) is 0.470. The molecule has 0 bridgehead atoms. The SMILES string of the molecule is O=c1[nH]c(=O)n([C@H]2C[C@H](F)[C@@](F)(CO)O2)cc1C(F)(F)F. The molecule has 0 spiro atoms. The van der Waals surface area contributed by atoms with E-state index in [0.717, 1.165) is 0 Å². The van der Waals surface area contributed by atoms with Crippen molar-refractivity contribution in [2.24, 2.45) is 0 Å². The van der Waals surface area contributed by atoms with Gasteiger partial charge in [0.25, 0.3) is 11.4 Å². The zero-order chi connectivity index (χ0) is 16.0. The highest BCUT2D eigenvalue weighted by Crippen LogP contribution is 2.39. The van der Waals surface area contributed by atoms with Crippen LogP contribution in [0.25, 0.3) is 0 Å². The monoisotopic (exact) mass is 316 g/mol. The van der Waals surface area contributed by atoms with Crippen molar-refractivity contribution >= 4 is 0 Å². The van der Waals surface area contributed by atoms with Gasteiger partial charge in [0.15, 0.2) is 6.17 Å². The number of ether oxygens (including phenoxy) is 1. The number of aliphatic hydroxyl groups is 1. The molecule has 1 fully saturated rings. The summed E-state index contributed by atoms with van der Waals surface area (Å²) in [6, 6.07) is 0. The lowest BCUT2D eigenvalue weighted by atomic mass is 10.2. The molecule has 1 aromatic heterocycles. The van der Waals surface area contributed by atoms with E-state index in [2.05, 4.69) is 4.74 Å². The second kappa shape index (κ2) is 4.91. The molecule has 0 radical (unpaired) electrons. The van der Waals surface area contributed by atoms with Gasteiger partial charge in [0.05, 0.1) is 0 Å². The molecule has 118 valence electrons. The molecule has 2 N–H and O–H groups in total. The standard InChI is InChI=1S/C10H9F5N2O4/c11-5-1-6(21-9(5,12)3-18)17-2-4(10(13,14)15)7(19)16-8(17)20/h2,5-6,18H,1,3H2,(H,16,19,20)/t5-,6+,9+/m0/s1. The van der Waals surface area contributed by atoms with Gasteiger partial charge in [-0.1, -0.05) is 0 Å². The van der Waals surface area contributed by atoms with E-state index >= 15 is 0 Å². The number of aliphatic hydroxyl groups excluding tert-OH is 1. The highest BCUT2D eigenvalue weighted by Gasteiger charge is 2.51. The average Bonchev–Trinajstić information content (AvgIpc) is 2.64. The second-order valence-corrected chi connectivity index (χ2v) is 4.43. The first kappa shape index (κ1) is 15.6. The van der Waals surface area contributed by atoms with Crippen molar-refractivity contribution in [3.05, 3.63) is 32.6 Å². The van der Waals surface area contributed by atoms with Crippen LogP contribution in [0.1, 0.15) is 18.2 Å². The Bertz CT molecular complexity index is 654. The fraction of sp³-hybridized carbons (Fsp3) is 0.600. The van der Waals surface area contributed by atoms with Crippen LogP contribution in [0.3, 0.4) is 0 Å². The lowest BCUT2D eigenvalue weighted by Gasteiger charge is -2.20. The number of H-pyrrole nitrogens is 1. The minimum Gasteiger partial charge on any atom is -0.390 e. The van der Waals surface area contributed by atoms with Gasteiger partial charge in [-0.25, -0.2) is 13.6 Å². The van der Waals surface area contributed by atoms with E-state index in [1.54, 1.807) is 0 Å². The molecule has 3 atom stereocenters. The molecule has 1 aliphatic heterocycles. The van der Waals surface area contributed by atoms with E-state index in [9.17, 15) is 31.5 Å². The summed E-state index contributed by atoms with van der Waals surface area (Å²) in [4.78, 5) is 23.9.